The summed E-state index contributed by atoms with van der Waals surface area (Å²) in [5.41, 5.74) is 2.75. The Morgan fingerprint density at radius 1 is 1.19 bits per heavy atom. The van der Waals surface area contributed by atoms with E-state index in [9.17, 15) is 9.59 Å². The van der Waals surface area contributed by atoms with Crippen LogP contribution in [0.5, 0.6) is 5.75 Å². The van der Waals surface area contributed by atoms with Gasteiger partial charge in [-0.25, -0.2) is 4.79 Å². The van der Waals surface area contributed by atoms with Gasteiger partial charge in [0, 0.05) is 10.7 Å². The fourth-order valence-corrected chi connectivity index (χ4v) is 3.09. The van der Waals surface area contributed by atoms with E-state index in [1.165, 1.54) is 0 Å². The number of aryl methyl sites for hydroxylation is 2. The molecule has 0 unspecified atom stereocenters. The first-order chi connectivity index (χ1) is 12.4. The van der Waals surface area contributed by atoms with E-state index < -0.39 is 11.9 Å². The summed E-state index contributed by atoms with van der Waals surface area (Å²) in [6.45, 7) is 3.24. The van der Waals surface area contributed by atoms with Gasteiger partial charge < -0.3 is 14.8 Å². The van der Waals surface area contributed by atoms with Gasteiger partial charge in [0.2, 0.25) is 0 Å². The van der Waals surface area contributed by atoms with E-state index in [2.05, 4.69) is 21.2 Å². The van der Waals surface area contributed by atoms with E-state index in [0.29, 0.717) is 15.2 Å². The molecule has 0 radical (unpaired) electrons. The highest BCUT2D eigenvalue weighted by atomic mass is 79.9. The molecule has 2 aromatic carbocycles. The molecule has 2 aromatic rings. The first kappa shape index (κ1) is 20.3. The molecule has 0 saturated carbocycles. The number of hydrogen-bond acceptors (Lipinski definition) is 4. The maximum Gasteiger partial charge on any atom is 0.344 e. The topological polar surface area (TPSA) is 64.6 Å². The SMILES string of the molecule is CCc1cccc(C)c1NC(=O)COC(=O)COc1ccc(Cl)cc1Br. The number of esters is 1. The van der Waals surface area contributed by atoms with E-state index >= 15 is 0 Å². The lowest BCUT2D eigenvalue weighted by molar-refractivity contribution is -0.149. The maximum absolute atomic E-state index is 12.1. The summed E-state index contributed by atoms with van der Waals surface area (Å²) in [4.78, 5) is 23.8. The minimum Gasteiger partial charge on any atom is -0.481 e. The summed E-state index contributed by atoms with van der Waals surface area (Å²) in [6, 6.07) is 10.7. The minimum atomic E-state index is -0.637. The lowest BCUT2D eigenvalue weighted by Crippen LogP contribution is -2.24. The molecule has 1 N–H and O–H groups in total. The van der Waals surface area contributed by atoms with Crippen LogP contribution in [-0.2, 0) is 20.7 Å². The molecule has 1 amide bonds. The molecule has 0 heterocycles. The molecule has 0 aliphatic rings. The highest BCUT2D eigenvalue weighted by molar-refractivity contribution is 9.10. The van der Waals surface area contributed by atoms with Gasteiger partial charge in [-0.2, -0.15) is 0 Å². The maximum atomic E-state index is 12.1. The zero-order valence-electron chi connectivity index (χ0n) is 14.5. The van der Waals surface area contributed by atoms with Crippen LogP contribution in [0.4, 0.5) is 5.69 Å². The van der Waals surface area contributed by atoms with E-state index in [4.69, 9.17) is 21.1 Å². The Labute approximate surface area is 165 Å². The number of amides is 1. The molecule has 0 aliphatic carbocycles. The van der Waals surface area contributed by atoms with Crippen molar-refractivity contribution in [1.82, 2.24) is 0 Å². The molecule has 2 rings (SSSR count). The molecular weight excluding hydrogens is 422 g/mol. The zero-order chi connectivity index (χ0) is 19.1. The van der Waals surface area contributed by atoms with Gasteiger partial charge in [0.15, 0.2) is 13.2 Å². The number of ether oxygens (including phenoxy) is 2. The normalized spacial score (nSPS) is 10.3. The molecule has 26 heavy (non-hydrogen) atoms. The van der Waals surface area contributed by atoms with Crippen molar-refractivity contribution in [3.05, 3.63) is 57.0 Å². The number of rotatable bonds is 7. The second kappa shape index (κ2) is 9.59. The summed E-state index contributed by atoms with van der Waals surface area (Å²) in [7, 11) is 0. The van der Waals surface area contributed by atoms with Crippen LogP contribution in [0.25, 0.3) is 0 Å². The summed E-state index contributed by atoms with van der Waals surface area (Å²) >= 11 is 9.13. The van der Waals surface area contributed by atoms with Crippen LogP contribution in [0, 0.1) is 6.92 Å². The van der Waals surface area contributed by atoms with E-state index in [1.54, 1.807) is 18.2 Å². The number of benzene rings is 2. The molecular formula is C19H19BrClNO4. The van der Waals surface area contributed by atoms with Crippen molar-refractivity contribution in [3.63, 3.8) is 0 Å². The molecule has 0 saturated heterocycles. The molecule has 0 spiro atoms. The van der Waals surface area contributed by atoms with Crippen LogP contribution in [0.3, 0.4) is 0 Å². The van der Waals surface area contributed by atoms with Crippen LogP contribution < -0.4 is 10.1 Å². The number of hydrogen-bond donors (Lipinski definition) is 1. The largest absolute Gasteiger partial charge is 0.481 e. The quantitative estimate of drug-likeness (QED) is 0.642. The number of halogens is 2. The highest BCUT2D eigenvalue weighted by Crippen LogP contribution is 2.27. The van der Waals surface area contributed by atoms with Gasteiger partial charge in [0.25, 0.3) is 5.91 Å². The first-order valence-electron chi connectivity index (χ1n) is 8.02. The van der Waals surface area contributed by atoms with Gasteiger partial charge in [-0.05, 0) is 58.6 Å². The van der Waals surface area contributed by atoms with Crippen LogP contribution in [0.1, 0.15) is 18.1 Å². The molecule has 0 bridgehead atoms. The first-order valence-corrected chi connectivity index (χ1v) is 9.19. The smallest absolute Gasteiger partial charge is 0.344 e. The number of para-hydroxylation sites is 1. The third-order valence-corrected chi connectivity index (χ3v) is 4.46. The number of anilines is 1. The van der Waals surface area contributed by atoms with Crippen molar-refractivity contribution >= 4 is 45.1 Å². The third kappa shape index (κ3) is 5.75. The lowest BCUT2D eigenvalue weighted by Gasteiger charge is -2.13. The Bertz CT molecular complexity index is 810. The second-order valence-electron chi connectivity index (χ2n) is 5.53. The lowest BCUT2D eigenvalue weighted by atomic mass is 10.1. The monoisotopic (exact) mass is 439 g/mol. The number of carbonyl (C=O) groups is 2. The molecule has 0 aliphatic heterocycles. The molecule has 138 valence electrons. The van der Waals surface area contributed by atoms with Crippen LogP contribution in [-0.4, -0.2) is 25.1 Å². The fourth-order valence-electron chi connectivity index (χ4n) is 2.29. The molecule has 7 heteroatoms. The summed E-state index contributed by atoms with van der Waals surface area (Å²) in [6.07, 6.45) is 0.793. The summed E-state index contributed by atoms with van der Waals surface area (Å²) in [5.74, 6) is -0.569. The van der Waals surface area contributed by atoms with Crippen LogP contribution in [0.15, 0.2) is 40.9 Å². The standard InChI is InChI=1S/C19H19BrClNO4/c1-3-13-6-4-5-12(2)19(13)22-17(23)10-26-18(24)11-25-16-8-7-14(21)9-15(16)20/h4-9H,3,10-11H2,1-2H3,(H,22,23). The van der Waals surface area contributed by atoms with Crippen molar-refractivity contribution < 1.29 is 19.1 Å². The average Bonchev–Trinajstić information content (AvgIpc) is 2.61. The minimum absolute atomic E-state index is 0.307. The summed E-state index contributed by atoms with van der Waals surface area (Å²) < 4.78 is 10.9. The van der Waals surface area contributed by atoms with Gasteiger partial charge in [0.1, 0.15) is 5.75 Å². The van der Waals surface area contributed by atoms with Crippen molar-refractivity contribution in [2.45, 2.75) is 20.3 Å². The fraction of sp³-hybridized carbons (Fsp3) is 0.263. The predicted octanol–water partition coefficient (Wildman–Crippen LogP) is 4.53. The van der Waals surface area contributed by atoms with Crippen molar-refractivity contribution in [2.75, 3.05) is 18.5 Å². The Morgan fingerprint density at radius 3 is 2.65 bits per heavy atom. The van der Waals surface area contributed by atoms with E-state index in [0.717, 1.165) is 23.2 Å². The Kier molecular flexibility index (Phi) is 7.48. The van der Waals surface area contributed by atoms with Gasteiger partial charge >= 0.3 is 5.97 Å². The Hall–Kier alpha value is -2.05. The predicted molar refractivity (Wildman–Crippen MR) is 105 cm³/mol. The summed E-state index contributed by atoms with van der Waals surface area (Å²) in [5, 5.41) is 3.34. The number of nitrogens with one attached hydrogen (secondary N) is 1. The highest BCUT2D eigenvalue weighted by Gasteiger charge is 2.12. The van der Waals surface area contributed by atoms with E-state index in [1.807, 2.05) is 32.0 Å². The average molecular weight is 441 g/mol. The second-order valence-corrected chi connectivity index (χ2v) is 6.83. The number of carbonyl (C=O) groups excluding carboxylic acids is 2. The third-order valence-electron chi connectivity index (χ3n) is 3.61. The van der Waals surface area contributed by atoms with Gasteiger partial charge in [-0.1, -0.05) is 36.7 Å². The molecule has 0 fully saturated rings. The van der Waals surface area contributed by atoms with Crippen LogP contribution in [0.2, 0.25) is 5.02 Å². The Balaban J connectivity index is 1.83. The van der Waals surface area contributed by atoms with Gasteiger partial charge in [0.05, 0.1) is 4.47 Å². The van der Waals surface area contributed by atoms with E-state index in [-0.39, 0.29) is 13.2 Å². The van der Waals surface area contributed by atoms with Crippen molar-refractivity contribution in [3.8, 4) is 5.75 Å². The van der Waals surface area contributed by atoms with Crippen LogP contribution >= 0.6 is 27.5 Å². The van der Waals surface area contributed by atoms with Crippen molar-refractivity contribution in [2.24, 2.45) is 0 Å². The zero-order valence-corrected chi connectivity index (χ0v) is 16.8. The Morgan fingerprint density at radius 2 is 1.96 bits per heavy atom. The molecule has 5 nitrogen and oxygen atoms in total. The van der Waals surface area contributed by atoms with Gasteiger partial charge in [-0.15, -0.1) is 0 Å². The van der Waals surface area contributed by atoms with Gasteiger partial charge in [-0.3, -0.25) is 4.79 Å². The molecule has 0 aromatic heterocycles. The molecule has 0 atom stereocenters. The van der Waals surface area contributed by atoms with Crippen molar-refractivity contribution in [1.29, 1.82) is 0 Å².